The summed E-state index contributed by atoms with van der Waals surface area (Å²) in [6.45, 7) is -0.419. The highest BCUT2D eigenvalue weighted by atomic mass is 32.2. The quantitative estimate of drug-likeness (QED) is 0.580. The molecular formula is C23H18FNO3S. The highest BCUT2D eigenvalue weighted by molar-refractivity contribution is 7.99. The Balaban J connectivity index is 1.57. The van der Waals surface area contributed by atoms with Crippen molar-refractivity contribution in [2.75, 3.05) is 17.3 Å². The average molecular weight is 407 g/mol. The van der Waals surface area contributed by atoms with Gasteiger partial charge in [-0.1, -0.05) is 48.5 Å². The minimum absolute atomic E-state index is 0.0759. The van der Waals surface area contributed by atoms with E-state index in [2.05, 4.69) is 0 Å². The molecule has 1 amide bonds. The third-order valence-corrected chi connectivity index (χ3v) is 5.81. The SMILES string of the molecule is O=C(OCC(=O)N1c2ccccc2SC[C@H]1c1ccccc1)c1cccc(F)c1. The predicted octanol–water partition coefficient (Wildman–Crippen LogP) is 4.86. The number of halogens is 1. The molecule has 0 N–H and O–H groups in total. The Morgan fingerprint density at radius 3 is 2.55 bits per heavy atom. The molecule has 6 heteroatoms. The van der Waals surface area contributed by atoms with Gasteiger partial charge in [0.1, 0.15) is 5.82 Å². The van der Waals surface area contributed by atoms with Crippen molar-refractivity contribution in [1.82, 2.24) is 0 Å². The summed E-state index contributed by atoms with van der Waals surface area (Å²) in [4.78, 5) is 28.0. The topological polar surface area (TPSA) is 46.6 Å². The van der Waals surface area contributed by atoms with Gasteiger partial charge in [0.25, 0.3) is 5.91 Å². The van der Waals surface area contributed by atoms with Crippen molar-refractivity contribution in [3.05, 3.63) is 95.8 Å². The van der Waals surface area contributed by atoms with Crippen molar-refractivity contribution in [1.29, 1.82) is 0 Å². The summed E-state index contributed by atoms with van der Waals surface area (Å²) < 4.78 is 18.5. The van der Waals surface area contributed by atoms with Gasteiger partial charge in [-0.3, -0.25) is 9.69 Å². The van der Waals surface area contributed by atoms with E-state index in [1.807, 2.05) is 54.6 Å². The van der Waals surface area contributed by atoms with Crippen LogP contribution in [-0.4, -0.2) is 24.2 Å². The molecule has 0 saturated carbocycles. The van der Waals surface area contributed by atoms with Gasteiger partial charge in [0.15, 0.2) is 6.61 Å². The van der Waals surface area contributed by atoms with Crippen LogP contribution in [0.4, 0.5) is 10.1 Å². The van der Waals surface area contributed by atoms with Gasteiger partial charge in [-0.2, -0.15) is 0 Å². The van der Waals surface area contributed by atoms with Crippen molar-refractivity contribution in [2.24, 2.45) is 0 Å². The second-order valence-electron chi connectivity index (χ2n) is 6.56. The number of fused-ring (bicyclic) bond motifs is 1. The summed E-state index contributed by atoms with van der Waals surface area (Å²) in [5.74, 6) is -0.882. The second-order valence-corrected chi connectivity index (χ2v) is 7.62. The summed E-state index contributed by atoms with van der Waals surface area (Å²) in [7, 11) is 0. The Hall–Kier alpha value is -3.12. The van der Waals surface area contributed by atoms with Gasteiger partial charge < -0.3 is 4.74 Å². The number of rotatable bonds is 4. The van der Waals surface area contributed by atoms with E-state index in [1.54, 1.807) is 16.7 Å². The summed E-state index contributed by atoms with van der Waals surface area (Å²) >= 11 is 1.69. The zero-order valence-corrected chi connectivity index (χ0v) is 16.3. The Morgan fingerprint density at radius 2 is 1.76 bits per heavy atom. The minimum Gasteiger partial charge on any atom is -0.452 e. The van der Waals surface area contributed by atoms with E-state index in [4.69, 9.17) is 4.74 Å². The van der Waals surface area contributed by atoms with E-state index in [9.17, 15) is 14.0 Å². The standard InChI is InChI=1S/C23H18FNO3S/c24-18-10-6-9-17(13-18)23(27)28-14-22(26)25-19-11-4-5-12-21(19)29-15-20(25)16-7-2-1-3-8-16/h1-13,20H,14-15H2/t20-/m0/s1. The van der Waals surface area contributed by atoms with Crippen LogP contribution in [0.25, 0.3) is 0 Å². The monoisotopic (exact) mass is 407 g/mol. The second kappa shape index (κ2) is 8.49. The largest absolute Gasteiger partial charge is 0.452 e. The Kier molecular flexibility index (Phi) is 5.62. The molecule has 4 nitrogen and oxygen atoms in total. The van der Waals surface area contributed by atoms with Crippen molar-refractivity contribution in [2.45, 2.75) is 10.9 Å². The van der Waals surface area contributed by atoms with Crippen LogP contribution in [-0.2, 0) is 9.53 Å². The molecule has 1 atom stereocenters. The Bertz CT molecular complexity index is 1040. The fourth-order valence-electron chi connectivity index (χ4n) is 3.31. The zero-order valence-electron chi connectivity index (χ0n) is 15.5. The van der Waals surface area contributed by atoms with Gasteiger partial charge in [0.2, 0.25) is 0 Å². The lowest BCUT2D eigenvalue weighted by Crippen LogP contribution is -2.41. The smallest absolute Gasteiger partial charge is 0.338 e. The zero-order chi connectivity index (χ0) is 20.2. The van der Waals surface area contributed by atoms with Crippen molar-refractivity contribution >= 4 is 29.3 Å². The van der Waals surface area contributed by atoms with E-state index in [1.165, 1.54) is 18.2 Å². The number of amides is 1. The molecule has 1 aliphatic heterocycles. The van der Waals surface area contributed by atoms with E-state index >= 15 is 0 Å². The first-order chi connectivity index (χ1) is 14.1. The first-order valence-corrected chi connectivity index (χ1v) is 10.1. The number of carbonyl (C=O) groups excluding carboxylic acids is 2. The summed E-state index contributed by atoms with van der Waals surface area (Å²) in [6.07, 6.45) is 0. The van der Waals surface area contributed by atoms with E-state index < -0.39 is 18.4 Å². The highest BCUT2D eigenvalue weighted by Gasteiger charge is 2.32. The first kappa shape index (κ1) is 19.2. The van der Waals surface area contributed by atoms with Crippen LogP contribution in [0.3, 0.4) is 0 Å². The van der Waals surface area contributed by atoms with Crippen molar-refractivity contribution in [3.63, 3.8) is 0 Å². The van der Waals surface area contributed by atoms with E-state index in [-0.39, 0.29) is 17.5 Å². The number of hydrogen-bond donors (Lipinski definition) is 0. The maximum absolute atomic E-state index is 13.3. The molecular weight excluding hydrogens is 389 g/mol. The number of ether oxygens (including phenoxy) is 1. The molecule has 0 bridgehead atoms. The lowest BCUT2D eigenvalue weighted by Gasteiger charge is -2.37. The predicted molar refractivity (Wildman–Crippen MR) is 111 cm³/mol. The molecule has 1 aliphatic rings. The molecule has 0 unspecified atom stereocenters. The summed E-state index contributed by atoms with van der Waals surface area (Å²) in [5.41, 5.74) is 1.88. The Morgan fingerprint density at radius 1 is 1.00 bits per heavy atom. The van der Waals surface area contributed by atoms with Gasteiger partial charge in [0, 0.05) is 10.6 Å². The van der Waals surface area contributed by atoms with Gasteiger partial charge in [-0.15, -0.1) is 11.8 Å². The molecule has 0 saturated heterocycles. The van der Waals surface area contributed by atoms with Crippen LogP contribution in [0.5, 0.6) is 0 Å². The molecule has 0 aromatic heterocycles. The van der Waals surface area contributed by atoms with Gasteiger partial charge in [0.05, 0.1) is 17.3 Å². The molecule has 0 spiro atoms. The minimum atomic E-state index is -0.728. The van der Waals surface area contributed by atoms with E-state index in [0.717, 1.165) is 22.2 Å². The molecule has 3 aromatic carbocycles. The number of hydrogen-bond acceptors (Lipinski definition) is 4. The van der Waals surface area contributed by atoms with Crippen LogP contribution in [0, 0.1) is 5.82 Å². The molecule has 0 radical (unpaired) electrons. The van der Waals surface area contributed by atoms with Crippen LogP contribution < -0.4 is 4.90 Å². The van der Waals surface area contributed by atoms with Crippen LogP contribution >= 0.6 is 11.8 Å². The molecule has 29 heavy (non-hydrogen) atoms. The van der Waals surface area contributed by atoms with E-state index in [0.29, 0.717) is 5.75 Å². The van der Waals surface area contributed by atoms with Gasteiger partial charge in [-0.25, -0.2) is 9.18 Å². The number of nitrogens with zero attached hydrogens (tertiary/aromatic N) is 1. The fraction of sp³-hybridized carbons (Fsp3) is 0.130. The van der Waals surface area contributed by atoms with Gasteiger partial charge in [-0.05, 0) is 35.9 Å². The lowest BCUT2D eigenvalue weighted by atomic mass is 10.1. The van der Waals surface area contributed by atoms with Gasteiger partial charge >= 0.3 is 5.97 Å². The lowest BCUT2D eigenvalue weighted by molar-refractivity contribution is -0.122. The maximum atomic E-state index is 13.3. The number of benzene rings is 3. The normalized spacial score (nSPS) is 15.5. The molecule has 0 aliphatic carbocycles. The number of carbonyl (C=O) groups is 2. The third-order valence-electron chi connectivity index (χ3n) is 4.67. The number of para-hydroxylation sites is 1. The summed E-state index contributed by atoms with van der Waals surface area (Å²) in [6, 6.07) is 22.5. The molecule has 4 rings (SSSR count). The van der Waals surface area contributed by atoms with Crippen LogP contribution in [0.15, 0.2) is 83.8 Å². The first-order valence-electron chi connectivity index (χ1n) is 9.15. The van der Waals surface area contributed by atoms with Crippen molar-refractivity contribution < 1.29 is 18.7 Å². The molecule has 0 fully saturated rings. The molecule has 3 aromatic rings. The number of thioether (sulfide) groups is 1. The number of anilines is 1. The third kappa shape index (κ3) is 4.17. The van der Waals surface area contributed by atoms with Crippen LogP contribution in [0.1, 0.15) is 22.0 Å². The maximum Gasteiger partial charge on any atom is 0.338 e. The highest BCUT2D eigenvalue weighted by Crippen LogP contribution is 2.43. The Labute approximate surface area is 172 Å². The summed E-state index contributed by atoms with van der Waals surface area (Å²) in [5, 5.41) is 0. The molecule has 146 valence electrons. The van der Waals surface area contributed by atoms with Crippen LogP contribution in [0.2, 0.25) is 0 Å². The molecule has 1 heterocycles. The fourth-order valence-corrected chi connectivity index (χ4v) is 4.48. The van der Waals surface area contributed by atoms with Crippen molar-refractivity contribution in [3.8, 4) is 0 Å². The average Bonchev–Trinajstić information content (AvgIpc) is 2.77. The number of esters is 1.